The SMILES string of the molecule is O=C(C1CC1c1ccc(F)cc1)N1CCCC1c1ccccc1. The van der Waals surface area contributed by atoms with Gasteiger partial charge in [0.1, 0.15) is 5.82 Å². The molecule has 1 saturated heterocycles. The number of rotatable bonds is 3. The first kappa shape index (κ1) is 14.4. The Morgan fingerprint density at radius 2 is 1.74 bits per heavy atom. The fourth-order valence-electron chi connectivity index (χ4n) is 3.81. The summed E-state index contributed by atoms with van der Waals surface area (Å²) in [6, 6.07) is 17.1. The summed E-state index contributed by atoms with van der Waals surface area (Å²) in [7, 11) is 0. The second-order valence-electron chi connectivity index (χ2n) is 6.60. The minimum Gasteiger partial charge on any atom is -0.335 e. The highest BCUT2D eigenvalue weighted by Gasteiger charge is 2.47. The third-order valence-electron chi connectivity index (χ3n) is 5.13. The Hall–Kier alpha value is -2.16. The third-order valence-corrected chi connectivity index (χ3v) is 5.13. The highest BCUT2D eigenvalue weighted by molar-refractivity contribution is 5.83. The molecular formula is C20H20FNO. The molecule has 3 atom stereocenters. The summed E-state index contributed by atoms with van der Waals surface area (Å²) in [4.78, 5) is 15.0. The Labute approximate surface area is 135 Å². The lowest BCUT2D eigenvalue weighted by Gasteiger charge is -2.25. The van der Waals surface area contributed by atoms with Gasteiger partial charge in [0, 0.05) is 12.5 Å². The van der Waals surface area contributed by atoms with Crippen LogP contribution in [0, 0.1) is 11.7 Å². The zero-order valence-corrected chi connectivity index (χ0v) is 13.0. The van der Waals surface area contributed by atoms with E-state index in [2.05, 4.69) is 17.0 Å². The van der Waals surface area contributed by atoms with E-state index >= 15 is 0 Å². The molecular weight excluding hydrogens is 289 g/mol. The van der Waals surface area contributed by atoms with Gasteiger partial charge in [-0.2, -0.15) is 0 Å². The first-order chi connectivity index (χ1) is 11.2. The van der Waals surface area contributed by atoms with Crippen LogP contribution in [0.2, 0.25) is 0 Å². The minimum absolute atomic E-state index is 0.0739. The number of amides is 1. The molecule has 2 aromatic rings. The molecule has 2 fully saturated rings. The maximum atomic E-state index is 13.0. The van der Waals surface area contributed by atoms with Crippen LogP contribution in [0.15, 0.2) is 54.6 Å². The van der Waals surface area contributed by atoms with E-state index in [-0.39, 0.29) is 29.6 Å². The maximum Gasteiger partial charge on any atom is 0.226 e. The van der Waals surface area contributed by atoms with Gasteiger partial charge in [-0.1, -0.05) is 42.5 Å². The van der Waals surface area contributed by atoms with Gasteiger partial charge in [0.25, 0.3) is 0 Å². The topological polar surface area (TPSA) is 20.3 Å². The number of halogens is 1. The first-order valence-corrected chi connectivity index (χ1v) is 8.35. The van der Waals surface area contributed by atoms with E-state index in [9.17, 15) is 9.18 Å². The van der Waals surface area contributed by atoms with Crippen molar-refractivity contribution < 1.29 is 9.18 Å². The average Bonchev–Trinajstić information content (AvgIpc) is 3.23. The zero-order chi connectivity index (χ0) is 15.8. The van der Waals surface area contributed by atoms with Gasteiger partial charge in [-0.3, -0.25) is 4.79 Å². The lowest BCUT2D eigenvalue weighted by atomic mass is 10.0. The number of likely N-dealkylation sites (tertiary alicyclic amines) is 1. The van der Waals surface area contributed by atoms with Gasteiger partial charge in [0.2, 0.25) is 5.91 Å². The van der Waals surface area contributed by atoms with E-state index in [4.69, 9.17) is 0 Å². The quantitative estimate of drug-likeness (QED) is 0.828. The van der Waals surface area contributed by atoms with Gasteiger partial charge in [-0.15, -0.1) is 0 Å². The van der Waals surface area contributed by atoms with Gasteiger partial charge in [-0.05, 0) is 48.4 Å². The molecule has 23 heavy (non-hydrogen) atoms. The van der Waals surface area contributed by atoms with Crippen molar-refractivity contribution in [3.63, 3.8) is 0 Å². The van der Waals surface area contributed by atoms with E-state index < -0.39 is 0 Å². The van der Waals surface area contributed by atoms with Crippen LogP contribution in [-0.2, 0) is 4.79 Å². The molecule has 1 saturated carbocycles. The van der Waals surface area contributed by atoms with Gasteiger partial charge in [0.15, 0.2) is 0 Å². The minimum atomic E-state index is -0.221. The second kappa shape index (κ2) is 5.80. The summed E-state index contributed by atoms with van der Waals surface area (Å²) in [5.74, 6) is 0.386. The molecule has 1 aliphatic heterocycles. The zero-order valence-electron chi connectivity index (χ0n) is 13.0. The Morgan fingerprint density at radius 3 is 2.48 bits per heavy atom. The standard InChI is InChI=1S/C20H20FNO/c21-16-10-8-14(9-11-16)17-13-18(17)20(23)22-12-4-7-19(22)15-5-2-1-3-6-15/h1-3,5-6,8-11,17-19H,4,7,12-13H2. The number of hydrogen-bond donors (Lipinski definition) is 0. The van der Waals surface area contributed by atoms with Crippen molar-refractivity contribution in [2.75, 3.05) is 6.54 Å². The molecule has 2 aliphatic rings. The van der Waals surface area contributed by atoms with Gasteiger partial charge < -0.3 is 4.90 Å². The number of hydrogen-bond acceptors (Lipinski definition) is 1. The average molecular weight is 309 g/mol. The monoisotopic (exact) mass is 309 g/mol. The smallest absolute Gasteiger partial charge is 0.226 e. The first-order valence-electron chi connectivity index (χ1n) is 8.35. The van der Waals surface area contributed by atoms with Crippen molar-refractivity contribution in [2.24, 2.45) is 5.92 Å². The summed E-state index contributed by atoms with van der Waals surface area (Å²) in [6.45, 7) is 0.852. The summed E-state index contributed by atoms with van der Waals surface area (Å²) in [6.07, 6.45) is 3.01. The number of nitrogens with zero attached hydrogens (tertiary/aromatic N) is 1. The Balaban J connectivity index is 1.48. The fourth-order valence-corrected chi connectivity index (χ4v) is 3.81. The Bertz CT molecular complexity index is 697. The van der Waals surface area contributed by atoms with Crippen molar-refractivity contribution in [1.29, 1.82) is 0 Å². The highest BCUT2D eigenvalue weighted by Crippen LogP contribution is 2.50. The van der Waals surface area contributed by atoms with Crippen molar-refractivity contribution in [3.05, 3.63) is 71.5 Å². The van der Waals surface area contributed by atoms with Crippen molar-refractivity contribution in [2.45, 2.75) is 31.2 Å². The van der Waals surface area contributed by atoms with Crippen molar-refractivity contribution >= 4 is 5.91 Å². The summed E-state index contributed by atoms with van der Waals surface area (Å²) >= 11 is 0. The summed E-state index contributed by atoms with van der Waals surface area (Å²) in [5.41, 5.74) is 2.32. The lowest BCUT2D eigenvalue weighted by molar-refractivity contribution is -0.133. The highest BCUT2D eigenvalue weighted by atomic mass is 19.1. The van der Waals surface area contributed by atoms with Crippen LogP contribution in [0.4, 0.5) is 4.39 Å². The summed E-state index contributed by atoms with van der Waals surface area (Å²) in [5, 5.41) is 0. The normalized spacial score (nSPS) is 26.3. The van der Waals surface area contributed by atoms with Gasteiger partial charge >= 0.3 is 0 Å². The molecule has 2 aromatic carbocycles. The maximum absolute atomic E-state index is 13.0. The van der Waals surface area contributed by atoms with E-state index in [1.807, 2.05) is 30.3 Å². The van der Waals surface area contributed by atoms with E-state index in [1.165, 1.54) is 17.7 Å². The molecule has 118 valence electrons. The second-order valence-corrected chi connectivity index (χ2v) is 6.60. The molecule has 2 nitrogen and oxygen atoms in total. The molecule has 1 aliphatic carbocycles. The number of benzene rings is 2. The molecule has 3 unspecified atom stereocenters. The molecule has 0 bridgehead atoms. The van der Waals surface area contributed by atoms with Crippen LogP contribution in [0.1, 0.15) is 42.3 Å². The van der Waals surface area contributed by atoms with Crippen LogP contribution in [0.25, 0.3) is 0 Å². The van der Waals surface area contributed by atoms with Crippen LogP contribution in [0.5, 0.6) is 0 Å². The Kier molecular flexibility index (Phi) is 3.64. The number of carbonyl (C=O) groups excluding carboxylic acids is 1. The van der Waals surface area contributed by atoms with Gasteiger partial charge in [-0.25, -0.2) is 4.39 Å². The molecule has 3 heteroatoms. The molecule has 0 N–H and O–H groups in total. The predicted octanol–water partition coefficient (Wildman–Crippen LogP) is 4.29. The molecule has 1 amide bonds. The van der Waals surface area contributed by atoms with Crippen molar-refractivity contribution in [3.8, 4) is 0 Å². The molecule has 0 aromatic heterocycles. The fraction of sp³-hybridized carbons (Fsp3) is 0.350. The van der Waals surface area contributed by atoms with E-state index in [1.54, 1.807) is 0 Å². The van der Waals surface area contributed by atoms with E-state index in [0.29, 0.717) is 0 Å². The lowest BCUT2D eigenvalue weighted by Crippen LogP contribution is -2.32. The predicted molar refractivity (Wildman–Crippen MR) is 87.4 cm³/mol. The van der Waals surface area contributed by atoms with Crippen LogP contribution < -0.4 is 0 Å². The van der Waals surface area contributed by atoms with E-state index in [0.717, 1.165) is 31.4 Å². The van der Waals surface area contributed by atoms with Crippen molar-refractivity contribution in [1.82, 2.24) is 4.90 Å². The van der Waals surface area contributed by atoms with Crippen LogP contribution in [-0.4, -0.2) is 17.4 Å². The number of carbonyl (C=O) groups is 1. The van der Waals surface area contributed by atoms with Gasteiger partial charge in [0.05, 0.1) is 6.04 Å². The molecule has 0 radical (unpaired) electrons. The summed E-state index contributed by atoms with van der Waals surface area (Å²) < 4.78 is 13.0. The molecule has 0 spiro atoms. The van der Waals surface area contributed by atoms with Crippen LogP contribution >= 0.6 is 0 Å². The molecule has 4 rings (SSSR count). The van der Waals surface area contributed by atoms with Crippen LogP contribution in [0.3, 0.4) is 0 Å². The molecule has 1 heterocycles. The third kappa shape index (κ3) is 2.76. The largest absolute Gasteiger partial charge is 0.335 e. The Morgan fingerprint density at radius 1 is 1.00 bits per heavy atom.